The van der Waals surface area contributed by atoms with Crippen LogP contribution in [-0.2, 0) is 0 Å². The summed E-state index contributed by atoms with van der Waals surface area (Å²) in [6, 6.07) is 6.66. The van der Waals surface area contributed by atoms with E-state index in [0.717, 1.165) is 35.6 Å². The number of fused-ring (bicyclic) bond motifs is 1. The minimum atomic E-state index is 0.406. The summed E-state index contributed by atoms with van der Waals surface area (Å²) in [6.45, 7) is 6.50. The fourth-order valence-corrected chi connectivity index (χ4v) is 2.58. The van der Waals surface area contributed by atoms with Gasteiger partial charge in [0.2, 0.25) is 0 Å². The number of nitrogens with one attached hydrogen (secondary N) is 1. The van der Waals surface area contributed by atoms with Crippen LogP contribution in [0.3, 0.4) is 0 Å². The van der Waals surface area contributed by atoms with Gasteiger partial charge >= 0.3 is 0 Å². The van der Waals surface area contributed by atoms with E-state index in [0.29, 0.717) is 6.04 Å². The van der Waals surface area contributed by atoms with Gasteiger partial charge in [-0.2, -0.15) is 0 Å². The molecule has 19 heavy (non-hydrogen) atoms. The molecule has 4 heteroatoms. The quantitative estimate of drug-likeness (QED) is 0.916. The highest BCUT2D eigenvalue weighted by molar-refractivity contribution is 5.89. The van der Waals surface area contributed by atoms with E-state index in [-0.39, 0.29) is 0 Å². The maximum absolute atomic E-state index is 4.70. The topological polar surface area (TPSA) is 41.1 Å². The molecule has 3 heterocycles. The number of hydrogen-bond acceptors (Lipinski definition) is 4. The minimum Gasteiger partial charge on any atom is -0.382 e. The first-order valence-corrected chi connectivity index (χ1v) is 7.01. The van der Waals surface area contributed by atoms with E-state index >= 15 is 0 Å². The number of rotatable bonds is 3. The van der Waals surface area contributed by atoms with E-state index in [2.05, 4.69) is 41.2 Å². The Morgan fingerprint density at radius 3 is 2.68 bits per heavy atom. The summed E-state index contributed by atoms with van der Waals surface area (Å²) in [6.07, 6.45) is 4.36. The molecule has 0 radical (unpaired) electrons. The predicted molar refractivity (Wildman–Crippen MR) is 79.7 cm³/mol. The van der Waals surface area contributed by atoms with E-state index in [1.807, 2.05) is 12.3 Å². The zero-order valence-electron chi connectivity index (χ0n) is 11.6. The van der Waals surface area contributed by atoms with Gasteiger partial charge in [-0.1, -0.05) is 0 Å². The lowest BCUT2D eigenvalue weighted by molar-refractivity contribution is 0.901. The minimum absolute atomic E-state index is 0.406. The Balaban J connectivity index is 1.99. The summed E-state index contributed by atoms with van der Waals surface area (Å²) >= 11 is 0. The number of pyridine rings is 2. The van der Waals surface area contributed by atoms with Crippen molar-refractivity contribution >= 4 is 22.5 Å². The van der Waals surface area contributed by atoms with Gasteiger partial charge in [0.15, 0.2) is 5.65 Å². The van der Waals surface area contributed by atoms with Crippen LogP contribution >= 0.6 is 0 Å². The Bertz CT molecular complexity index is 573. The molecular weight excluding hydrogens is 236 g/mol. The molecule has 0 atom stereocenters. The molecule has 1 aliphatic rings. The standard InChI is InChI=1S/C15H20N4/c1-11(2)17-13-7-8-16-15-12(13)5-6-14(18-15)19-9-3-4-10-19/h5-8,11H,3-4,9-10H2,1-2H3,(H,16,17,18). The van der Waals surface area contributed by atoms with Gasteiger partial charge in [-0.3, -0.25) is 0 Å². The normalized spacial score (nSPS) is 15.4. The highest BCUT2D eigenvalue weighted by atomic mass is 15.2. The molecule has 2 aromatic heterocycles. The lowest BCUT2D eigenvalue weighted by atomic mass is 10.2. The van der Waals surface area contributed by atoms with Crippen molar-refractivity contribution in [3.63, 3.8) is 0 Å². The molecule has 0 saturated carbocycles. The van der Waals surface area contributed by atoms with Gasteiger partial charge in [0.1, 0.15) is 5.82 Å². The van der Waals surface area contributed by atoms with Gasteiger partial charge < -0.3 is 10.2 Å². The summed E-state index contributed by atoms with van der Waals surface area (Å²) in [7, 11) is 0. The van der Waals surface area contributed by atoms with Crippen LogP contribution < -0.4 is 10.2 Å². The first-order valence-electron chi connectivity index (χ1n) is 7.01. The third-order valence-corrected chi connectivity index (χ3v) is 3.46. The van der Waals surface area contributed by atoms with Crippen molar-refractivity contribution in [2.75, 3.05) is 23.3 Å². The van der Waals surface area contributed by atoms with E-state index in [1.54, 1.807) is 0 Å². The van der Waals surface area contributed by atoms with Gasteiger partial charge in [0, 0.05) is 36.4 Å². The molecule has 1 saturated heterocycles. The molecule has 1 N–H and O–H groups in total. The van der Waals surface area contributed by atoms with Crippen LogP contribution in [-0.4, -0.2) is 29.1 Å². The Morgan fingerprint density at radius 2 is 1.95 bits per heavy atom. The Labute approximate surface area is 113 Å². The Morgan fingerprint density at radius 1 is 1.16 bits per heavy atom. The second kappa shape index (κ2) is 5.03. The number of hydrogen-bond donors (Lipinski definition) is 1. The van der Waals surface area contributed by atoms with Crippen LogP contribution in [0.4, 0.5) is 11.5 Å². The largest absolute Gasteiger partial charge is 0.382 e. The van der Waals surface area contributed by atoms with E-state index in [4.69, 9.17) is 4.98 Å². The third-order valence-electron chi connectivity index (χ3n) is 3.46. The number of anilines is 2. The van der Waals surface area contributed by atoms with Crippen molar-refractivity contribution in [1.29, 1.82) is 0 Å². The smallest absolute Gasteiger partial charge is 0.163 e. The van der Waals surface area contributed by atoms with Gasteiger partial charge in [-0.05, 0) is 44.9 Å². The highest BCUT2D eigenvalue weighted by Crippen LogP contribution is 2.25. The zero-order valence-corrected chi connectivity index (χ0v) is 11.6. The molecule has 1 aliphatic heterocycles. The maximum Gasteiger partial charge on any atom is 0.163 e. The summed E-state index contributed by atoms with van der Waals surface area (Å²) < 4.78 is 0. The van der Waals surface area contributed by atoms with Crippen molar-refractivity contribution in [2.45, 2.75) is 32.7 Å². The second-order valence-electron chi connectivity index (χ2n) is 5.39. The SMILES string of the molecule is CC(C)Nc1ccnc2nc(N3CCCC3)ccc12. The van der Waals surface area contributed by atoms with Crippen molar-refractivity contribution < 1.29 is 0 Å². The molecule has 4 nitrogen and oxygen atoms in total. The van der Waals surface area contributed by atoms with E-state index < -0.39 is 0 Å². The lowest BCUT2D eigenvalue weighted by Crippen LogP contribution is -2.19. The van der Waals surface area contributed by atoms with Crippen LogP contribution in [0.15, 0.2) is 24.4 Å². The predicted octanol–water partition coefficient (Wildman–Crippen LogP) is 3.05. The molecule has 100 valence electrons. The summed E-state index contributed by atoms with van der Waals surface area (Å²) in [5, 5.41) is 4.54. The average molecular weight is 256 g/mol. The first-order chi connectivity index (χ1) is 9.24. The van der Waals surface area contributed by atoms with Crippen LogP contribution in [0.1, 0.15) is 26.7 Å². The maximum atomic E-state index is 4.70. The molecule has 1 fully saturated rings. The van der Waals surface area contributed by atoms with Crippen molar-refractivity contribution in [3.05, 3.63) is 24.4 Å². The number of aromatic nitrogens is 2. The van der Waals surface area contributed by atoms with Gasteiger partial charge in [0.25, 0.3) is 0 Å². The zero-order chi connectivity index (χ0) is 13.2. The fourth-order valence-electron chi connectivity index (χ4n) is 2.58. The van der Waals surface area contributed by atoms with E-state index in [1.165, 1.54) is 12.8 Å². The van der Waals surface area contributed by atoms with Crippen LogP contribution in [0, 0.1) is 0 Å². The highest BCUT2D eigenvalue weighted by Gasteiger charge is 2.14. The molecular formula is C15H20N4. The monoisotopic (exact) mass is 256 g/mol. The molecule has 0 aromatic carbocycles. The van der Waals surface area contributed by atoms with Crippen LogP contribution in [0.5, 0.6) is 0 Å². The van der Waals surface area contributed by atoms with E-state index in [9.17, 15) is 0 Å². The van der Waals surface area contributed by atoms with Crippen molar-refractivity contribution in [3.8, 4) is 0 Å². The van der Waals surface area contributed by atoms with Crippen molar-refractivity contribution in [2.24, 2.45) is 0 Å². The summed E-state index contributed by atoms with van der Waals surface area (Å²) in [5.74, 6) is 1.05. The van der Waals surface area contributed by atoms with Crippen LogP contribution in [0.25, 0.3) is 11.0 Å². The lowest BCUT2D eigenvalue weighted by Gasteiger charge is -2.17. The molecule has 0 bridgehead atoms. The number of nitrogens with zero attached hydrogens (tertiary/aromatic N) is 3. The third kappa shape index (κ3) is 2.48. The first kappa shape index (κ1) is 12.2. The molecule has 0 spiro atoms. The van der Waals surface area contributed by atoms with Gasteiger partial charge in [0.05, 0.1) is 0 Å². The molecule has 2 aromatic rings. The summed E-state index contributed by atoms with van der Waals surface area (Å²) in [5.41, 5.74) is 1.94. The molecule has 3 rings (SSSR count). The van der Waals surface area contributed by atoms with Gasteiger partial charge in [-0.15, -0.1) is 0 Å². The average Bonchev–Trinajstić information content (AvgIpc) is 2.91. The molecule has 0 amide bonds. The van der Waals surface area contributed by atoms with Crippen molar-refractivity contribution in [1.82, 2.24) is 9.97 Å². The Kier molecular flexibility index (Phi) is 3.23. The van der Waals surface area contributed by atoms with Gasteiger partial charge in [-0.25, -0.2) is 9.97 Å². The second-order valence-corrected chi connectivity index (χ2v) is 5.39. The Hall–Kier alpha value is -1.84. The summed E-state index contributed by atoms with van der Waals surface area (Å²) in [4.78, 5) is 11.4. The fraction of sp³-hybridized carbons (Fsp3) is 0.467. The van der Waals surface area contributed by atoms with Crippen LogP contribution in [0.2, 0.25) is 0 Å². The molecule has 0 aliphatic carbocycles. The molecule has 0 unspecified atom stereocenters.